The second kappa shape index (κ2) is 3.75. The van der Waals surface area contributed by atoms with Crippen LogP contribution in [-0.4, -0.2) is 25.1 Å². The van der Waals surface area contributed by atoms with E-state index in [-0.39, 0.29) is 11.9 Å². The number of ether oxygens (including phenoxy) is 1. The van der Waals surface area contributed by atoms with Crippen molar-refractivity contribution in [3.05, 3.63) is 35.6 Å². The molecular weight excluding hydrogens is 183 g/mol. The first-order valence-corrected chi connectivity index (χ1v) is 4.46. The highest BCUT2D eigenvalue weighted by molar-refractivity contribution is 5.95. The van der Waals surface area contributed by atoms with E-state index in [4.69, 9.17) is 10.5 Å². The van der Waals surface area contributed by atoms with Crippen LogP contribution in [0.3, 0.4) is 0 Å². The van der Waals surface area contributed by atoms with Crippen molar-refractivity contribution in [1.29, 1.82) is 0 Å². The topological polar surface area (TPSA) is 47.6 Å². The summed E-state index contributed by atoms with van der Waals surface area (Å²) in [6.07, 6.45) is -0.0324. The molecule has 74 valence electrons. The quantitative estimate of drug-likeness (QED) is 0.761. The van der Waals surface area contributed by atoms with Gasteiger partial charge in [-0.05, 0) is 24.3 Å². The smallest absolute Gasteiger partial charge is 0.216 e. The predicted octanol–water partition coefficient (Wildman–Crippen LogP) is 0.930. The van der Waals surface area contributed by atoms with Gasteiger partial charge in [-0.25, -0.2) is 9.38 Å². The van der Waals surface area contributed by atoms with Gasteiger partial charge in [0.2, 0.25) is 5.90 Å². The molecule has 1 aromatic rings. The molecule has 4 heteroatoms. The van der Waals surface area contributed by atoms with Gasteiger partial charge in [-0.1, -0.05) is 0 Å². The minimum atomic E-state index is -0.261. The Bertz CT molecular complexity index is 348. The second-order valence-corrected chi connectivity index (χ2v) is 3.13. The summed E-state index contributed by atoms with van der Waals surface area (Å²) in [6.45, 7) is 1.04. The number of halogens is 1. The molecule has 1 aliphatic heterocycles. The number of hydrogen-bond donors (Lipinski definition) is 1. The third-order valence-corrected chi connectivity index (χ3v) is 2.07. The largest absolute Gasteiger partial charge is 0.471 e. The van der Waals surface area contributed by atoms with Crippen LogP contribution in [0, 0.1) is 5.82 Å². The third kappa shape index (κ3) is 1.75. The van der Waals surface area contributed by atoms with Crippen LogP contribution in [0.1, 0.15) is 5.56 Å². The molecule has 0 spiro atoms. The van der Waals surface area contributed by atoms with Crippen molar-refractivity contribution in [1.82, 2.24) is 0 Å². The molecule has 0 fully saturated rings. The van der Waals surface area contributed by atoms with Crippen LogP contribution in [0.5, 0.6) is 0 Å². The van der Waals surface area contributed by atoms with Crippen molar-refractivity contribution in [2.75, 3.05) is 13.1 Å². The minimum absolute atomic E-state index is 0.0324. The fourth-order valence-corrected chi connectivity index (χ4v) is 1.29. The molecule has 0 saturated carbocycles. The van der Waals surface area contributed by atoms with Gasteiger partial charge in [-0.3, -0.25) is 0 Å². The monoisotopic (exact) mass is 194 g/mol. The molecule has 0 aromatic heterocycles. The first-order chi connectivity index (χ1) is 6.79. The van der Waals surface area contributed by atoms with E-state index in [0.29, 0.717) is 19.0 Å². The first-order valence-electron chi connectivity index (χ1n) is 4.46. The Hall–Kier alpha value is -1.42. The zero-order valence-electron chi connectivity index (χ0n) is 7.61. The van der Waals surface area contributed by atoms with Gasteiger partial charge in [0, 0.05) is 12.1 Å². The van der Waals surface area contributed by atoms with Crippen molar-refractivity contribution in [3.63, 3.8) is 0 Å². The van der Waals surface area contributed by atoms with Crippen LogP contribution < -0.4 is 5.73 Å². The van der Waals surface area contributed by atoms with Gasteiger partial charge in [-0.2, -0.15) is 0 Å². The van der Waals surface area contributed by atoms with Crippen molar-refractivity contribution >= 4 is 5.90 Å². The molecular formula is C10H11FN2O. The lowest BCUT2D eigenvalue weighted by molar-refractivity contribution is 0.233. The lowest BCUT2D eigenvalue weighted by Gasteiger charge is -2.07. The van der Waals surface area contributed by atoms with E-state index >= 15 is 0 Å². The number of nitrogens with zero attached hydrogens (tertiary/aromatic N) is 1. The molecule has 1 unspecified atom stereocenters. The molecule has 1 aliphatic rings. The zero-order chi connectivity index (χ0) is 9.97. The first kappa shape index (κ1) is 9.15. The van der Waals surface area contributed by atoms with E-state index in [9.17, 15) is 4.39 Å². The molecule has 14 heavy (non-hydrogen) atoms. The Morgan fingerprint density at radius 2 is 2.14 bits per heavy atom. The highest BCUT2D eigenvalue weighted by atomic mass is 19.1. The maximum absolute atomic E-state index is 12.6. The van der Waals surface area contributed by atoms with Gasteiger partial charge in [-0.15, -0.1) is 0 Å². The molecule has 0 aliphatic carbocycles. The average Bonchev–Trinajstić information content (AvgIpc) is 2.67. The molecule has 0 bridgehead atoms. The molecule has 2 rings (SSSR count). The molecule has 0 saturated heterocycles. The zero-order valence-corrected chi connectivity index (χ0v) is 7.61. The van der Waals surface area contributed by atoms with Crippen molar-refractivity contribution in [3.8, 4) is 0 Å². The van der Waals surface area contributed by atoms with Gasteiger partial charge in [0.05, 0.1) is 6.54 Å². The normalized spacial score (nSPS) is 20.4. The van der Waals surface area contributed by atoms with Gasteiger partial charge >= 0.3 is 0 Å². The summed E-state index contributed by atoms with van der Waals surface area (Å²) in [4.78, 5) is 4.18. The molecule has 1 atom stereocenters. The summed E-state index contributed by atoms with van der Waals surface area (Å²) in [5.74, 6) is 0.295. The average molecular weight is 194 g/mol. The lowest BCUT2D eigenvalue weighted by atomic mass is 10.2. The van der Waals surface area contributed by atoms with E-state index in [2.05, 4.69) is 4.99 Å². The summed E-state index contributed by atoms with van der Waals surface area (Å²) in [6, 6.07) is 6.06. The lowest BCUT2D eigenvalue weighted by Crippen LogP contribution is -2.23. The third-order valence-electron chi connectivity index (χ3n) is 2.07. The van der Waals surface area contributed by atoms with Gasteiger partial charge < -0.3 is 10.5 Å². The molecule has 0 radical (unpaired) electrons. The van der Waals surface area contributed by atoms with Crippen molar-refractivity contribution in [2.45, 2.75) is 6.10 Å². The summed E-state index contributed by atoms with van der Waals surface area (Å²) < 4.78 is 18.1. The standard InChI is InChI=1S/C10H11FN2O/c11-8-3-1-7(2-4-8)10-13-6-9(5-12)14-10/h1-4,9H,5-6,12H2. The highest BCUT2D eigenvalue weighted by Crippen LogP contribution is 2.12. The molecule has 0 amide bonds. The Labute approximate surface area is 81.4 Å². The van der Waals surface area contributed by atoms with Crippen LogP contribution in [0.15, 0.2) is 29.3 Å². The van der Waals surface area contributed by atoms with E-state index in [0.717, 1.165) is 5.56 Å². The Morgan fingerprint density at radius 3 is 2.71 bits per heavy atom. The number of benzene rings is 1. The Kier molecular flexibility index (Phi) is 2.45. The highest BCUT2D eigenvalue weighted by Gasteiger charge is 2.19. The molecule has 2 N–H and O–H groups in total. The van der Waals surface area contributed by atoms with Crippen LogP contribution in [0.2, 0.25) is 0 Å². The fourth-order valence-electron chi connectivity index (χ4n) is 1.29. The predicted molar refractivity (Wildman–Crippen MR) is 51.7 cm³/mol. The number of nitrogens with two attached hydrogens (primary N) is 1. The van der Waals surface area contributed by atoms with E-state index in [1.54, 1.807) is 12.1 Å². The summed E-state index contributed by atoms with van der Waals surface area (Å²) in [7, 11) is 0. The van der Waals surface area contributed by atoms with Gasteiger partial charge in [0.1, 0.15) is 11.9 Å². The number of hydrogen-bond acceptors (Lipinski definition) is 3. The van der Waals surface area contributed by atoms with E-state index < -0.39 is 0 Å². The van der Waals surface area contributed by atoms with E-state index in [1.165, 1.54) is 12.1 Å². The number of aliphatic imine (C=N–C) groups is 1. The Morgan fingerprint density at radius 1 is 1.43 bits per heavy atom. The fraction of sp³-hybridized carbons (Fsp3) is 0.300. The van der Waals surface area contributed by atoms with E-state index in [1.807, 2.05) is 0 Å². The Balaban J connectivity index is 2.13. The SMILES string of the molecule is NCC1CN=C(c2ccc(F)cc2)O1. The van der Waals surface area contributed by atoms with Crippen molar-refractivity contribution in [2.24, 2.45) is 10.7 Å². The van der Waals surface area contributed by atoms with Crippen molar-refractivity contribution < 1.29 is 9.13 Å². The van der Waals surface area contributed by atoms with Crippen LogP contribution >= 0.6 is 0 Å². The molecule has 1 heterocycles. The minimum Gasteiger partial charge on any atom is -0.471 e. The van der Waals surface area contributed by atoms with Gasteiger partial charge in [0.25, 0.3) is 0 Å². The van der Waals surface area contributed by atoms with Crippen LogP contribution in [0.4, 0.5) is 4.39 Å². The maximum Gasteiger partial charge on any atom is 0.216 e. The molecule has 3 nitrogen and oxygen atoms in total. The maximum atomic E-state index is 12.6. The van der Waals surface area contributed by atoms with Crippen LogP contribution in [0.25, 0.3) is 0 Å². The van der Waals surface area contributed by atoms with Crippen LogP contribution in [-0.2, 0) is 4.74 Å². The molecule has 1 aromatic carbocycles. The second-order valence-electron chi connectivity index (χ2n) is 3.13. The summed E-state index contributed by atoms with van der Waals surface area (Å²) >= 11 is 0. The summed E-state index contributed by atoms with van der Waals surface area (Å²) in [5, 5.41) is 0. The number of rotatable bonds is 2. The summed E-state index contributed by atoms with van der Waals surface area (Å²) in [5.41, 5.74) is 6.23. The van der Waals surface area contributed by atoms with Gasteiger partial charge in [0.15, 0.2) is 0 Å².